The van der Waals surface area contributed by atoms with Crippen LogP contribution >= 0.6 is 22.9 Å². The molecule has 0 unspecified atom stereocenters. The second kappa shape index (κ2) is 5.04. The molecule has 0 amide bonds. The Morgan fingerprint density at radius 3 is 2.53 bits per heavy atom. The zero-order valence-corrected chi connectivity index (χ0v) is 11.7. The molecule has 4 nitrogen and oxygen atoms in total. The fraction of sp³-hybridized carbons (Fsp3) is 0.444. The summed E-state index contributed by atoms with van der Waals surface area (Å²) in [5.41, 5.74) is -0.693. The van der Waals surface area contributed by atoms with Crippen LogP contribution in [0, 0.1) is 0 Å². The van der Waals surface area contributed by atoms with E-state index in [0.717, 1.165) is 27.9 Å². The third-order valence-electron chi connectivity index (χ3n) is 2.59. The van der Waals surface area contributed by atoms with E-state index < -0.39 is 21.8 Å². The van der Waals surface area contributed by atoms with Crippen LogP contribution in [-0.2, 0) is 10.0 Å². The second-order valence-corrected chi connectivity index (χ2v) is 7.55. The lowest BCUT2D eigenvalue weighted by Gasteiger charge is -2.25. The molecule has 19 heavy (non-hydrogen) atoms. The van der Waals surface area contributed by atoms with E-state index in [1.807, 2.05) is 0 Å². The molecule has 0 radical (unpaired) electrons. The first kappa shape index (κ1) is 14.8. The number of sulfonamides is 1. The lowest BCUT2D eigenvalue weighted by atomic mass is 10.1. The van der Waals surface area contributed by atoms with Gasteiger partial charge in [0, 0.05) is 18.7 Å². The molecule has 0 saturated heterocycles. The molecule has 1 aromatic heterocycles. The molecule has 106 valence electrons. The summed E-state index contributed by atoms with van der Waals surface area (Å²) in [7, 11) is -3.82. The molecule has 0 N–H and O–H groups in total. The van der Waals surface area contributed by atoms with Crippen molar-refractivity contribution in [1.82, 2.24) is 9.29 Å². The lowest BCUT2D eigenvalue weighted by molar-refractivity contribution is -0.0953. The van der Waals surface area contributed by atoms with Crippen LogP contribution in [0.2, 0.25) is 4.47 Å². The smallest absolute Gasteiger partial charge is 0.232 e. The van der Waals surface area contributed by atoms with Crippen LogP contribution in [0.15, 0.2) is 22.1 Å². The Hall–Kier alpha value is -0.640. The topological polar surface area (TPSA) is 50.3 Å². The van der Waals surface area contributed by atoms with Crippen molar-refractivity contribution in [1.29, 1.82) is 0 Å². The molecular weight excluding hydrogens is 325 g/mol. The van der Waals surface area contributed by atoms with Crippen molar-refractivity contribution in [2.24, 2.45) is 0 Å². The Morgan fingerprint density at radius 2 is 2.11 bits per heavy atom. The van der Waals surface area contributed by atoms with Crippen molar-refractivity contribution in [3.05, 3.63) is 22.3 Å². The lowest BCUT2D eigenvalue weighted by Crippen LogP contribution is -2.36. The fourth-order valence-corrected chi connectivity index (χ4v) is 4.44. The van der Waals surface area contributed by atoms with Gasteiger partial charge in [0.1, 0.15) is 0 Å². The van der Waals surface area contributed by atoms with Gasteiger partial charge < -0.3 is 0 Å². The molecule has 1 aliphatic rings. The Balaban J connectivity index is 2.20. The Morgan fingerprint density at radius 1 is 1.42 bits per heavy atom. The van der Waals surface area contributed by atoms with Crippen molar-refractivity contribution in [2.75, 3.05) is 13.1 Å². The predicted molar refractivity (Wildman–Crippen MR) is 64.6 cm³/mol. The number of rotatable bonds is 2. The number of hydrogen-bond acceptors (Lipinski definition) is 4. The average molecular weight is 333 g/mol. The molecule has 0 bridgehead atoms. The summed E-state index contributed by atoms with van der Waals surface area (Å²) in [6.45, 7) is -0.504. The van der Waals surface area contributed by atoms with E-state index in [4.69, 9.17) is 11.6 Å². The van der Waals surface area contributed by atoms with Crippen LogP contribution < -0.4 is 0 Å². The van der Waals surface area contributed by atoms with E-state index in [9.17, 15) is 21.6 Å². The van der Waals surface area contributed by atoms with Crippen LogP contribution in [-0.4, -0.2) is 37.0 Å². The van der Waals surface area contributed by atoms with Crippen molar-refractivity contribution in [3.63, 3.8) is 0 Å². The third-order valence-corrected chi connectivity index (χ3v) is 6.00. The maximum Gasteiger partial charge on any atom is 0.412 e. The minimum absolute atomic E-state index is 0.0682. The average Bonchev–Trinajstić information content (AvgIpc) is 2.76. The van der Waals surface area contributed by atoms with Crippen LogP contribution in [0.25, 0.3) is 0 Å². The van der Waals surface area contributed by atoms with Gasteiger partial charge >= 0.3 is 6.18 Å². The molecule has 0 atom stereocenters. The Kier molecular flexibility index (Phi) is 3.92. The van der Waals surface area contributed by atoms with E-state index in [-0.39, 0.29) is 28.2 Å². The molecule has 0 saturated carbocycles. The quantitative estimate of drug-likeness (QED) is 0.782. The number of thiazole rings is 1. The van der Waals surface area contributed by atoms with E-state index in [1.54, 1.807) is 0 Å². The fourth-order valence-electron chi connectivity index (χ4n) is 1.61. The molecule has 1 aliphatic heterocycles. The SMILES string of the molecule is O=S(=O)(c1cnc(Cl)s1)N1CC=C(C(F)(F)F)CC1. The molecule has 0 fully saturated rings. The summed E-state index contributed by atoms with van der Waals surface area (Å²) in [6.07, 6.45) is -2.76. The molecule has 1 aromatic rings. The first-order valence-corrected chi connectivity index (χ1v) is 7.72. The van der Waals surface area contributed by atoms with Crippen molar-refractivity contribution < 1.29 is 21.6 Å². The van der Waals surface area contributed by atoms with Crippen LogP contribution in [0.1, 0.15) is 6.42 Å². The zero-order chi connectivity index (χ0) is 14.3. The van der Waals surface area contributed by atoms with Gasteiger partial charge in [-0.05, 0) is 6.42 Å². The summed E-state index contributed by atoms with van der Waals surface area (Å²) in [5, 5.41) is 0. The van der Waals surface area contributed by atoms with E-state index in [1.165, 1.54) is 0 Å². The Labute approximate surface area is 116 Å². The first-order valence-electron chi connectivity index (χ1n) is 5.09. The van der Waals surface area contributed by atoms with E-state index in [2.05, 4.69) is 4.98 Å². The summed E-state index contributed by atoms with van der Waals surface area (Å²) >= 11 is 6.33. The molecule has 2 rings (SSSR count). The summed E-state index contributed by atoms with van der Waals surface area (Å²) < 4.78 is 62.4. The predicted octanol–water partition coefficient (Wildman–Crippen LogP) is 2.68. The molecule has 0 aromatic carbocycles. The minimum atomic E-state index is -4.40. The molecule has 0 aliphatic carbocycles. The van der Waals surface area contributed by atoms with E-state index >= 15 is 0 Å². The first-order chi connectivity index (χ1) is 8.71. The highest BCUT2D eigenvalue weighted by Crippen LogP contribution is 2.32. The summed E-state index contributed by atoms with van der Waals surface area (Å²) in [6, 6.07) is 0. The van der Waals surface area contributed by atoms with Crippen molar-refractivity contribution in [2.45, 2.75) is 16.8 Å². The van der Waals surface area contributed by atoms with E-state index in [0.29, 0.717) is 0 Å². The molecule has 10 heteroatoms. The highest BCUT2D eigenvalue weighted by Gasteiger charge is 2.37. The van der Waals surface area contributed by atoms with Gasteiger partial charge in [-0.25, -0.2) is 13.4 Å². The third kappa shape index (κ3) is 3.10. The van der Waals surface area contributed by atoms with Gasteiger partial charge in [0.15, 0.2) is 8.68 Å². The molecule has 0 spiro atoms. The maximum atomic E-state index is 12.4. The normalized spacial score (nSPS) is 18.4. The number of nitrogens with zero attached hydrogens (tertiary/aromatic N) is 2. The van der Waals surface area contributed by atoms with Gasteiger partial charge in [0.2, 0.25) is 0 Å². The van der Waals surface area contributed by atoms with Gasteiger partial charge in [-0.15, -0.1) is 0 Å². The molecular formula is C9H8ClF3N2O2S2. The number of aromatic nitrogens is 1. The number of halogens is 4. The highest BCUT2D eigenvalue weighted by atomic mass is 35.5. The molecule has 2 heterocycles. The van der Waals surface area contributed by atoms with Gasteiger partial charge in [0.05, 0.1) is 6.20 Å². The standard InChI is InChI=1S/C9H8ClF3N2O2S2/c10-8-14-5-7(18-8)19(16,17)15-3-1-6(2-4-15)9(11,12)13/h1,5H,2-4H2. The second-order valence-electron chi connectivity index (χ2n) is 3.77. The van der Waals surface area contributed by atoms with Gasteiger partial charge in [-0.1, -0.05) is 29.0 Å². The van der Waals surface area contributed by atoms with Crippen molar-refractivity contribution in [3.8, 4) is 0 Å². The van der Waals surface area contributed by atoms with Crippen molar-refractivity contribution >= 4 is 33.0 Å². The summed E-state index contributed by atoms with van der Waals surface area (Å²) in [5.74, 6) is 0. The van der Waals surface area contributed by atoms with Gasteiger partial charge in [0.25, 0.3) is 10.0 Å². The Bertz CT molecular complexity index is 609. The van der Waals surface area contributed by atoms with Crippen LogP contribution in [0.4, 0.5) is 13.2 Å². The number of hydrogen-bond donors (Lipinski definition) is 0. The van der Waals surface area contributed by atoms with Gasteiger partial charge in [-0.3, -0.25) is 0 Å². The van der Waals surface area contributed by atoms with Gasteiger partial charge in [-0.2, -0.15) is 17.5 Å². The highest BCUT2D eigenvalue weighted by molar-refractivity contribution is 7.91. The summed E-state index contributed by atoms with van der Waals surface area (Å²) in [4.78, 5) is 3.61. The minimum Gasteiger partial charge on any atom is -0.232 e. The zero-order valence-electron chi connectivity index (χ0n) is 9.32. The number of alkyl halides is 3. The largest absolute Gasteiger partial charge is 0.412 e. The van der Waals surface area contributed by atoms with Crippen LogP contribution in [0.3, 0.4) is 0 Å². The monoisotopic (exact) mass is 332 g/mol. The maximum absolute atomic E-state index is 12.4. The van der Waals surface area contributed by atoms with Crippen LogP contribution in [0.5, 0.6) is 0 Å².